The van der Waals surface area contributed by atoms with Crippen LogP contribution in [0.2, 0.25) is 0 Å². The summed E-state index contributed by atoms with van der Waals surface area (Å²) in [6.07, 6.45) is 5.12. The third-order valence-corrected chi connectivity index (χ3v) is 4.87. The molecule has 0 aliphatic heterocycles. The third kappa shape index (κ3) is 3.94. The zero-order valence-corrected chi connectivity index (χ0v) is 14.3. The molecule has 0 aromatic heterocycles. The van der Waals surface area contributed by atoms with Crippen LogP contribution in [0.25, 0.3) is 0 Å². The van der Waals surface area contributed by atoms with Gasteiger partial charge in [-0.3, -0.25) is 9.52 Å². The van der Waals surface area contributed by atoms with Gasteiger partial charge in [-0.25, -0.2) is 8.42 Å². The van der Waals surface area contributed by atoms with Crippen LogP contribution in [0.4, 0.5) is 5.69 Å². The van der Waals surface area contributed by atoms with Crippen molar-refractivity contribution in [3.8, 4) is 12.3 Å². The number of para-hydroxylation sites is 1. The molecule has 6 heteroatoms. The molecule has 0 atom stereocenters. The first-order chi connectivity index (χ1) is 11.3. The number of sulfonamides is 1. The highest BCUT2D eigenvalue weighted by molar-refractivity contribution is 7.92. The van der Waals surface area contributed by atoms with Crippen LogP contribution in [0.3, 0.4) is 0 Å². The third-order valence-electron chi connectivity index (χ3n) is 3.50. The Kier molecular flexibility index (Phi) is 5.27. The Bertz CT molecular complexity index is 912. The number of carbonyl (C=O) groups excluding carboxylic acids is 1. The molecule has 0 spiro atoms. The minimum absolute atomic E-state index is 0.0159. The summed E-state index contributed by atoms with van der Waals surface area (Å²) in [6, 6.07) is 11.5. The molecule has 0 fully saturated rings. The zero-order valence-electron chi connectivity index (χ0n) is 13.5. The lowest BCUT2D eigenvalue weighted by molar-refractivity contribution is 0.0958. The van der Waals surface area contributed by atoms with E-state index in [1.54, 1.807) is 25.1 Å². The molecule has 0 aliphatic rings. The normalized spacial score (nSPS) is 10.7. The van der Waals surface area contributed by atoms with E-state index in [2.05, 4.69) is 16.0 Å². The highest BCUT2D eigenvalue weighted by Gasteiger charge is 2.18. The van der Waals surface area contributed by atoms with Crippen LogP contribution in [-0.2, 0) is 10.0 Å². The fourth-order valence-electron chi connectivity index (χ4n) is 2.13. The largest absolute Gasteiger partial charge is 0.341 e. The van der Waals surface area contributed by atoms with Gasteiger partial charge in [-0.1, -0.05) is 30.2 Å². The van der Waals surface area contributed by atoms with Crippen LogP contribution >= 0.6 is 0 Å². The predicted molar refractivity (Wildman–Crippen MR) is 94.3 cm³/mol. The fourth-order valence-corrected chi connectivity index (χ4v) is 3.29. The van der Waals surface area contributed by atoms with Gasteiger partial charge in [0.25, 0.3) is 15.9 Å². The topological polar surface area (TPSA) is 75.3 Å². The molecule has 0 bridgehead atoms. The van der Waals surface area contributed by atoms with Crippen molar-refractivity contribution in [1.29, 1.82) is 0 Å². The number of nitrogens with one attached hydrogen (secondary N) is 2. The van der Waals surface area contributed by atoms with E-state index in [1.807, 2.05) is 19.1 Å². The minimum Gasteiger partial charge on any atom is -0.341 e. The first kappa shape index (κ1) is 17.6. The van der Waals surface area contributed by atoms with Crippen LogP contribution in [-0.4, -0.2) is 20.9 Å². The maximum absolute atomic E-state index is 12.6. The lowest BCUT2D eigenvalue weighted by atomic mass is 10.1. The first-order valence-electron chi connectivity index (χ1n) is 7.26. The lowest BCUT2D eigenvalue weighted by Crippen LogP contribution is -2.25. The Balaban J connectivity index is 2.36. The Labute approximate surface area is 142 Å². The van der Waals surface area contributed by atoms with Crippen molar-refractivity contribution in [3.05, 3.63) is 59.2 Å². The fraction of sp³-hybridized carbons (Fsp3) is 0.167. The van der Waals surface area contributed by atoms with Crippen LogP contribution in [0.15, 0.2) is 47.4 Å². The van der Waals surface area contributed by atoms with E-state index in [4.69, 9.17) is 6.42 Å². The van der Waals surface area contributed by atoms with Crippen LogP contribution in [0.1, 0.15) is 21.5 Å². The number of hydrogen-bond donors (Lipinski definition) is 2. The molecular weight excluding hydrogens is 324 g/mol. The molecule has 0 radical (unpaired) electrons. The molecule has 2 N–H and O–H groups in total. The summed E-state index contributed by atoms with van der Waals surface area (Å²) in [6.45, 7) is 3.62. The van der Waals surface area contributed by atoms with Gasteiger partial charge in [0, 0.05) is 5.56 Å². The standard InChI is InChI=1S/C18H18N2O3S/c1-4-11-19-18(21)16-12-15(10-9-13(16)2)24(22,23)20-17-8-6-5-7-14(17)3/h1,5-10,12,20H,11H2,2-3H3,(H,19,21). The van der Waals surface area contributed by atoms with Crippen molar-refractivity contribution in [3.63, 3.8) is 0 Å². The summed E-state index contributed by atoms with van der Waals surface area (Å²) >= 11 is 0. The molecule has 2 rings (SSSR count). The van der Waals surface area contributed by atoms with Crippen LogP contribution < -0.4 is 10.0 Å². The average molecular weight is 342 g/mol. The number of aryl methyl sites for hydroxylation is 2. The number of hydrogen-bond acceptors (Lipinski definition) is 3. The zero-order chi connectivity index (χ0) is 17.7. The molecule has 0 unspecified atom stereocenters. The maximum atomic E-state index is 12.6. The predicted octanol–water partition coefficient (Wildman–Crippen LogP) is 2.47. The van der Waals surface area contributed by atoms with Gasteiger partial charge in [-0.15, -0.1) is 6.42 Å². The monoisotopic (exact) mass is 342 g/mol. The Morgan fingerprint density at radius 3 is 2.50 bits per heavy atom. The van der Waals surface area contributed by atoms with Crippen LogP contribution in [0.5, 0.6) is 0 Å². The first-order valence-corrected chi connectivity index (χ1v) is 8.74. The minimum atomic E-state index is -3.80. The molecule has 2 aromatic rings. The second-order valence-electron chi connectivity index (χ2n) is 5.28. The maximum Gasteiger partial charge on any atom is 0.261 e. The van der Waals surface area contributed by atoms with Crippen molar-refractivity contribution < 1.29 is 13.2 Å². The number of amides is 1. The molecule has 1 amide bonds. The van der Waals surface area contributed by atoms with Crippen molar-refractivity contribution in [2.75, 3.05) is 11.3 Å². The van der Waals surface area contributed by atoms with E-state index >= 15 is 0 Å². The van der Waals surface area contributed by atoms with Gasteiger partial charge < -0.3 is 5.32 Å². The van der Waals surface area contributed by atoms with E-state index in [9.17, 15) is 13.2 Å². The number of anilines is 1. The van der Waals surface area contributed by atoms with E-state index < -0.39 is 15.9 Å². The Hall–Kier alpha value is -2.78. The summed E-state index contributed by atoms with van der Waals surface area (Å²) in [5, 5.41) is 2.54. The molecule has 0 heterocycles. The van der Waals surface area contributed by atoms with Crippen molar-refractivity contribution in [2.45, 2.75) is 18.7 Å². The van der Waals surface area contributed by atoms with Gasteiger partial charge in [-0.05, 0) is 43.2 Å². The molecule has 0 saturated heterocycles. The van der Waals surface area contributed by atoms with Gasteiger partial charge in [0.2, 0.25) is 0 Å². The van der Waals surface area contributed by atoms with Gasteiger partial charge in [-0.2, -0.15) is 0 Å². The summed E-state index contributed by atoms with van der Waals surface area (Å²) in [5.74, 6) is 1.90. The SMILES string of the molecule is C#CCNC(=O)c1cc(S(=O)(=O)Nc2ccccc2C)ccc1C. The Morgan fingerprint density at radius 1 is 1.12 bits per heavy atom. The van der Waals surface area contributed by atoms with E-state index in [1.165, 1.54) is 12.1 Å². The van der Waals surface area contributed by atoms with E-state index in [0.717, 1.165) is 5.56 Å². The smallest absolute Gasteiger partial charge is 0.261 e. The number of terminal acetylenes is 1. The molecule has 0 saturated carbocycles. The molecule has 124 valence electrons. The molecule has 24 heavy (non-hydrogen) atoms. The van der Waals surface area contributed by atoms with Gasteiger partial charge >= 0.3 is 0 Å². The highest BCUT2D eigenvalue weighted by atomic mass is 32.2. The number of rotatable bonds is 5. The number of benzene rings is 2. The second kappa shape index (κ2) is 7.20. The number of carbonyl (C=O) groups is 1. The second-order valence-corrected chi connectivity index (χ2v) is 6.97. The van der Waals surface area contributed by atoms with Gasteiger partial charge in [0.15, 0.2) is 0 Å². The summed E-state index contributed by atoms with van der Waals surface area (Å²) < 4.78 is 27.7. The molecular formula is C18H18N2O3S. The van der Waals surface area contributed by atoms with Crippen molar-refractivity contribution >= 4 is 21.6 Å². The quantitative estimate of drug-likeness (QED) is 0.820. The van der Waals surface area contributed by atoms with Crippen molar-refractivity contribution in [1.82, 2.24) is 5.32 Å². The summed E-state index contributed by atoms with van der Waals surface area (Å²) in [7, 11) is -3.80. The van der Waals surface area contributed by atoms with Gasteiger partial charge in [0.1, 0.15) is 0 Å². The van der Waals surface area contributed by atoms with Gasteiger partial charge in [0.05, 0.1) is 17.1 Å². The van der Waals surface area contributed by atoms with Crippen molar-refractivity contribution in [2.24, 2.45) is 0 Å². The molecule has 5 nitrogen and oxygen atoms in total. The Morgan fingerprint density at radius 2 is 1.83 bits per heavy atom. The molecule has 0 aliphatic carbocycles. The lowest BCUT2D eigenvalue weighted by Gasteiger charge is -2.12. The molecule has 2 aromatic carbocycles. The highest BCUT2D eigenvalue weighted by Crippen LogP contribution is 2.21. The average Bonchev–Trinajstić information content (AvgIpc) is 2.54. The summed E-state index contributed by atoms with van der Waals surface area (Å²) in [5.41, 5.74) is 2.24. The summed E-state index contributed by atoms with van der Waals surface area (Å²) in [4.78, 5) is 12.1. The van der Waals surface area contributed by atoms with E-state index in [0.29, 0.717) is 11.3 Å². The van der Waals surface area contributed by atoms with E-state index in [-0.39, 0.29) is 17.0 Å². The van der Waals surface area contributed by atoms with Crippen LogP contribution in [0, 0.1) is 26.2 Å².